The molecule has 3 N–H and O–H groups in total. The Morgan fingerprint density at radius 2 is 1.71 bits per heavy atom. The number of rotatable bonds is 6. The van der Waals surface area contributed by atoms with E-state index in [1.807, 2.05) is 13.8 Å². The average Bonchev–Trinajstić information content (AvgIpc) is 2.44. The van der Waals surface area contributed by atoms with Crippen LogP contribution in [0, 0.1) is 11.2 Å². The maximum Gasteiger partial charge on any atom is 0.309 e. The minimum absolute atomic E-state index is 0.0274. The van der Waals surface area contributed by atoms with Crippen LogP contribution in [0.25, 0.3) is 0 Å². The zero-order valence-corrected chi connectivity index (χ0v) is 12.3. The van der Waals surface area contributed by atoms with Crippen molar-refractivity contribution in [2.24, 2.45) is 5.41 Å². The number of aliphatic hydroxyl groups is 1. The van der Waals surface area contributed by atoms with Crippen molar-refractivity contribution in [1.82, 2.24) is 10.6 Å². The summed E-state index contributed by atoms with van der Waals surface area (Å²) in [7, 11) is 0. The fraction of sp³-hybridized carbons (Fsp3) is 0.467. The Kier molecular flexibility index (Phi) is 6.30. The van der Waals surface area contributed by atoms with Crippen LogP contribution in [0.2, 0.25) is 0 Å². The standard InChI is InChI=1S/C15H21FN2O3/c1-15(2,7-8-19)10-18-14(21)13(20)17-9-11-3-5-12(16)6-4-11/h3-6,19H,7-10H2,1-2H3,(H,17,20)(H,18,21). The molecule has 21 heavy (non-hydrogen) atoms. The van der Waals surface area contributed by atoms with Crippen LogP contribution in [0.5, 0.6) is 0 Å². The van der Waals surface area contributed by atoms with E-state index in [9.17, 15) is 14.0 Å². The number of carbonyl (C=O) groups is 2. The van der Waals surface area contributed by atoms with Crippen LogP contribution < -0.4 is 10.6 Å². The van der Waals surface area contributed by atoms with Gasteiger partial charge >= 0.3 is 11.8 Å². The number of nitrogens with one attached hydrogen (secondary N) is 2. The maximum atomic E-state index is 12.7. The lowest BCUT2D eigenvalue weighted by Crippen LogP contribution is -2.43. The lowest BCUT2D eigenvalue weighted by molar-refractivity contribution is -0.139. The molecule has 0 aromatic heterocycles. The van der Waals surface area contributed by atoms with Crippen LogP contribution in [0.1, 0.15) is 25.8 Å². The Bertz CT molecular complexity index is 486. The third-order valence-electron chi connectivity index (χ3n) is 3.09. The van der Waals surface area contributed by atoms with E-state index < -0.39 is 11.8 Å². The van der Waals surface area contributed by atoms with Crippen molar-refractivity contribution in [2.45, 2.75) is 26.8 Å². The second kappa shape index (κ2) is 7.73. The van der Waals surface area contributed by atoms with Gasteiger partial charge in [0.1, 0.15) is 5.82 Å². The summed E-state index contributed by atoms with van der Waals surface area (Å²) in [6, 6.07) is 5.66. The molecule has 0 aliphatic heterocycles. The lowest BCUT2D eigenvalue weighted by atomic mass is 9.90. The zero-order chi connectivity index (χ0) is 15.9. The van der Waals surface area contributed by atoms with Crippen LogP contribution in [-0.2, 0) is 16.1 Å². The summed E-state index contributed by atoms with van der Waals surface area (Å²) >= 11 is 0. The molecule has 116 valence electrons. The molecule has 0 saturated carbocycles. The van der Waals surface area contributed by atoms with Gasteiger partial charge in [-0.2, -0.15) is 0 Å². The molecular formula is C15H21FN2O3. The number of hydrogen-bond acceptors (Lipinski definition) is 3. The van der Waals surface area contributed by atoms with Crippen LogP contribution >= 0.6 is 0 Å². The molecule has 0 bridgehead atoms. The summed E-state index contributed by atoms with van der Waals surface area (Å²) in [6.07, 6.45) is 0.532. The molecule has 0 heterocycles. The first kappa shape index (κ1) is 17.1. The monoisotopic (exact) mass is 296 g/mol. The maximum absolute atomic E-state index is 12.7. The molecule has 0 atom stereocenters. The number of hydrogen-bond donors (Lipinski definition) is 3. The fourth-order valence-electron chi connectivity index (χ4n) is 1.66. The highest BCUT2D eigenvalue weighted by Gasteiger charge is 2.20. The van der Waals surface area contributed by atoms with E-state index >= 15 is 0 Å². The summed E-state index contributed by atoms with van der Waals surface area (Å²) in [4.78, 5) is 23.2. The molecule has 1 rings (SSSR count). The summed E-state index contributed by atoms with van der Waals surface area (Å²) < 4.78 is 12.7. The van der Waals surface area contributed by atoms with E-state index in [1.54, 1.807) is 0 Å². The molecule has 0 unspecified atom stereocenters. The Morgan fingerprint density at radius 3 is 2.29 bits per heavy atom. The minimum atomic E-state index is -0.737. The summed E-state index contributed by atoms with van der Waals surface area (Å²) in [5.74, 6) is -1.81. The van der Waals surface area contributed by atoms with Gasteiger partial charge in [0, 0.05) is 19.7 Å². The quantitative estimate of drug-likeness (QED) is 0.684. The Labute approximate surface area is 123 Å². The van der Waals surface area contributed by atoms with Gasteiger partial charge in [0.05, 0.1) is 0 Å². The van der Waals surface area contributed by atoms with Crippen molar-refractivity contribution in [1.29, 1.82) is 0 Å². The van der Waals surface area contributed by atoms with E-state index in [-0.39, 0.29) is 24.4 Å². The van der Waals surface area contributed by atoms with E-state index in [0.29, 0.717) is 18.5 Å². The molecule has 0 saturated heterocycles. The molecular weight excluding hydrogens is 275 g/mol. The number of halogens is 1. The topological polar surface area (TPSA) is 78.4 Å². The molecule has 0 radical (unpaired) electrons. The molecule has 1 aromatic rings. The summed E-state index contributed by atoms with van der Waals surface area (Å²) in [6.45, 7) is 4.27. The van der Waals surface area contributed by atoms with Crippen molar-refractivity contribution >= 4 is 11.8 Å². The fourth-order valence-corrected chi connectivity index (χ4v) is 1.66. The van der Waals surface area contributed by atoms with Gasteiger partial charge in [0.2, 0.25) is 0 Å². The van der Waals surface area contributed by atoms with Crippen molar-refractivity contribution in [3.05, 3.63) is 35.6 Å². The Balaban J connectivity index is 2.37. The second-order valence-electron chi connectivity index (χ2n) is 5.63. The molecule has 0 aliphatic carbocycles. The first-order valence-corrected chi connectivity index (χ1v) is 6.75. The van der Waals surface area contributed by atoms with E-state index in [0.717, 1.165) is 0 Å². The van der Waals surface area contributed by atoms with Gasteiger partial charge in [-0.3, -0.25) is 9.59 Å². The predicted octanol–water partition coefficient (Wildman–Crippen LogP) is 0.967. The highest BCUT2D eigenvalue weighted by atomic mass is 19.1. The number of amides is 2. The normalized spacial score (nSPS) is 11.0. The lowest BCUT2D eigenvalue weighted by Gasteiger charge is -2.23. The van der Waals surface area contributed by atoms with Gasteiger partial charge < -0.3 is 15.7 Å². The van der Waals surface area contributed by atoms with Crippen molar-refractivity contribution in [3.8, 4) is 0 Å². The summed E-state index contributed by atoms with van der Waals surface area (Å²) in [5, 5.41) is 13.9. The average molecular weight is 296 g/mol. The number of aliphatic hydroxyl groups excluding tert-OH is 1. The minimum Gasteiger partial charge on any atom is -0.396 e. The Morgan fingerprint density at radius 1 is 1.14 bits per heavy atom. The highest BCUT2D eigenvalue weighted by Crippen LogP contribution is 2.17. The Hall–Kier alpha value is -1.95. The summed E-state index contributed by atoms with van der Waals surface area (Å²) in [5.41, 5.74) is 0.430. The first-order valence-electron chi connectivity index (χ1n) is 6.75. The highest BCUT2D eigenvalue weighted by molar-refractivity contribution is 6.35. The molecule has 1 aromatic carbocycles. The molecule has 2 amide bonds. The second-order valence-corrected chi connectivity index (χ2v) is 5.63. The van der Waals surface area contributed by atoms with Gasteiger partial charge in [-0.1, -0.05) is 26.0 Å². The van der Waals surface area contributed by atoms with Gasteiger partial charge in [-0.15, -0.1) is 0 Å². The first-order chi connectivity index (χ1) is 9.84. The van der Waals surface area contributed by atoms with Crippen molar-refractivity contribution < 1.29 is 19.1 Å². The molecule has 6 heteroatoms. The molecule has 0 fully saturated rings. The van der Waals surface area contributed by atoms with Crippen molar-refractivity contribution in [2.75, 3.05) is 13.2 Å². The van der Waals surface area contributed by atoms with Gasteiger partial charge in [-0.25, -0.2) is 4.39 Å². The van der Waals surface area contributed by atoms with Gasteiger partial charge in [0.15, 0.2) is 0 Å². The van der Waals surface area contributed by atoms with E-state index in [1.165, 1.54) is 24.3 Å². The van der Waals surface area contributed by atoms with Crippen LogP contribution in [0.3, 0.4) is 0 Å². The SMILES string of the molecule is CC(C)(CCO)CNC(=O)C(=O)NCc1ccc(F)cc1. The van der Waals surface area contributed by atoms with E-state index in [2.05, 4.69) is 10.6 Å². The van der Waals surface area contributed by atoms with Crippen LogP contribution in [-0.4, -0.2) is 30.1 Å². The largest absolute Gasteiger partial charge is 0.396 e. The van der Waals surface area contributed by atoms with Crippen LogP contribution in [0.15, 0.2) is 24.3 Å². The third kappa shape index (κ3) is 6.35. The molecule has 0 spiro atoms. The van der Waals surface area contributed by atoms with Gasteiger partial charge in [-0.05, 0) is 29.5 Å². The van der Waals surface area contributed by atoms with Crippen molar-refractivity contribution in [3.63, 3.8) is 0 Å². The van der Waals surface area contributed by atoms with Gasteiger partial charge in [0.25, 0.3) is 0 Å². The number of carbonyl (C=O) groups excluding carboxylic acids is 2. The predicted molar refractivity (Wildman–Crippen MR) is 76.7 cm³/mol. The zero-order valence-electron chi connectivity index (χ0n) is 12.3. The van der Waals surface area contributed by atoms with E-state index in [4.69, 9.17) is 5.11 Å². The smallest absolute Gasteiger partial charge is 0.309 e. The molecule has 5 nitrogen and oxygen atoms in total. The molecule has 0 aliphatic rings. The van der Waals surface area contributed by atoms with Crippen LogP contribution in [0.4, 0.5) is 4.39 Å². The number of benzene rings is 1. The third-order valence-corrected chi connectivity index (χ3v) is 3.09.